The van der Waals surface area contributed by atoms with Crippen LogP contribution in [0.1, 0.15) is 16.9 Å². The van der Waals surface area contributed by atoms with Gasteiger partial charge in [0.05, 0.1) is 5.69 Å². The van der Waals surface area contributed by atoms with Gasteiger partial charge in [-0.3, -0.25) is 9.67 Å². The second-order valence-corrected chi connectivity index (χ2v) is 3.82. The van der Waals surface area contributed by atoms with E-state index >= 15 is 0 Å². The minimum absolute atomic E-state index is 0.176. The van der Waals surface area contributed by atoms with E-state index in [1.165, 1.54) is 4.68 Å². The molecule has 6 heteroatoms. The number of nitrogens with zero attached hydrogens (tertiary/aromatic N) is 3. The summed E-state index contributed by atoms with van der Waals surface area (Å²) in [4.78, 5) is 15.0. The molecule has 0 radical (unpaired) electrons. The predicted octanol–water partition coefficient (Wildman–Crippen LogP) is 0.992. The number of hydrogen-bond donors (Lipinski definition) is 2. The summed E-state index contributed by atoms with van der Waals surface area (Å²) in [6.07, 6.45) is 3.99. The Morgan fingerprint density at radius 1 is 1.39 bits per heavy atom. The van der Waals surface area contributed by atoms with E-state index in [1.807, 2.05) is 0 Å². The van der Waals surface area contributed by atoms with Crippen LogP contribution in [0.2, 0.25) is 0 Å². The maximum Gasteiger partial charge on any atom is 0.354 e. The van der Waals surface area contributed by atoms with Crippen LogP contribution in [0.25, 0.3) is 11.3 Å². The van der Waals surface area contributed by atoms with Crippen LogP contribution >= 0.6 is 0 Å². The highest BCUT2D eigenvalue weighted by molar-refractivity contribution is 5.87. The van der Waals surface area contributed by atoms with Crippen LogP contribution in [0.5, 0.6) is 0 Å². The molecule has 0 aliphatic rings. The summed E-state index contributed by atoms with van der Waals surface area (Å²) in [7, 11) is 0. The Kier molecular flexibility index (Phi) is 3.69. The lowest BCUT2D eigenvalue weighted by molar-refractivity contribution is 0.0683. The third kappa shape index (κ3) is 2.54. The highest BCUT2D eigenvalue weighted by Crippen LogP contribution is 2.18. The minimum atomic E-state index is -0.986. The van der Waals surface area contributed by atoms with Crippen LogP contribution < -0.4 is 5.73 Å². The largest absolute Gasteiger partial charge is 0.477 e. The standard InChI is InChI=1S/C12H14N4O2/c13-4-1-7-16-11(12(17)18)8-10(15-16)9-2-5-14-6-3-9/h2-3,5-6,8H,1,4,7,13H2,(H,17,18). The summed E-state index contributed by atoms with van der Waals surface area (Å²) in [5.41, 5.74) is 7.08. The Balaban J connectivity index is 2.36. The number of pyridine rings is 1. The maximum atomic E-state index is 11.1. The van der Waals surface area contributed by atoms with E-state index in [2.05, 4.69) is 10.1 Å². The molecule has 0 saturated carbocycles. The van der Waals surface area contributed by atoms with Gasteiger partial charge in [0.2, 0.25) is 0 Å². The number of nitrogens with two attached hydrogens (primary N) is 1. The van der Waals surface area contributed by atoms with E-state index in [4.69, 9.17) is 10.8 Å². The Hall–Kier alpha value is -2.21. The molecule has 18 heavy (non-hydrogen) atoms. The van der Waals surface area contributed by atoms with Gasteiger partial charge in [-0.05, 0) is 31.2 Å². The van der Waals surface area contributed by atoms with Gasteiger partial charge in [0.1, 0.15) is 5.69 Å². The van der Waals surface area contributed by atoms with Gasteiger partial charge in [-0.25, -0.2) is 4.79 Å². The summed E-state index contributed by atoms with van der Waals surface area (Å²) < 4.78 is 1.48. The molecule has 6 nitrogen and oxygen atoms in total. The van der Waals surface area contributed by atoms with Gasteiger partial charge >= 0.3 is 5.97 Å². The molecule has 0 fully saturated rings. The SMILES string of the molecule is NCCCn1nc(-c2ccncc2)cc1C(=O)O. The summed E-state index contributed by atoms with van der Waals surface area (Å²) in [6.45, 7) is 1.01. The fraction of sp³-hybridized carbons (Fsp3) is 0.250. The molecule has 2 heterocycles. The van der Waals surface area contributed by atoms with Crippen molar-refractivity contribution in [2.75, 3.05) is 6.54 Å². The molecule has 0 saturated heterocycles. The van der Waals surface area contributed by atoms with Crippen molar-refractivity contribution in [2.45, 2.75) is 13.0 Å². The van der Waals surface area contributed by atoms with Gasteiger partial charge in [0.15, 0.2) is 0 Å². The number of rotatable bonds is 5. The number of aryl methyl sites for hydroxylation is 1. The highest BCUT2D eigenvalue weighted by Gasteiger charge is 2.14. The first-order valence-electron chi connectivity index (χ1n) is 5.64. The van der Waals surface area contributed by atoms with Crippen LogP contribution in [-0.4, -0.2) is 32.4 Å². The van der Waals surface area contributed by atoms with Gasteiger partial charge in [0, 0.05) is 24.5 Å². The Morgan fingerprint density at radius 2 is 2.11 bits per heavy atom. The van der Waals surface area contributed by atoms with Gasteiger partial charge in [-0.2, -0.15) is 5.10 Å². The number of aromatic nitrogens is 3. The summed E-state index contributed by atoms with van der Waals surface area (Å²) in [5.74, 6) is -0.986. The lowest BCUT2D eigenvalue weighted by Crippen LogP contribution is -2.12. The van der Waals surface area contributed by atoms with Crippen molar-refractivity contribution in [3.8, 4) is 11.3 Å². The molecule has 0 spiro atoms. The van der Waals surface area contributed by atoms with Crippen molar-refractivity contribution in [2.24, 2.45) is 5.73 Å². The van der Waals surface area contributed by atoms with E-state index in [0.29, 0.717) is 25.2 Å². The first kappa shape index (κ1) is 12.3. The predicted molar refractivity (Wildman–Crippen MR) is 66.1 cm³/mol. The highest BCUT2D eigenvalue weighted by atomic mass is 16.4. The first-order valence-corrected chi connectivity index (χ1v) is 5.64. The Morgan fingerprint density at radius 3 is 2.72 bits per heavy atom. The van der Waals surface area contributed by atoms with Crippen LogP contribution in [0, 0.1) is 0 Å². The van der Waals surface area contributed by atoms with Crippen LogP contribution in [0.3, 0.4) is 0 Å². The van der Waals surface area contributed by atoms with E-state index in [9.17, 15) is 4.79 Å². The zero-order valence-electron chi connectivity index (χ0n) is 9.78. The molecule has 2 aromatic rings. The molecule has 0 atom stereocenters. The third-order valence-electron chi connectivity index (χ3n) is 2.55. The van der Waals surface area contributed by atoms with Gasteiger partial charge < -0.3 is 10.8 Å². The summed E-state index contributed by atoms with van der Waals surface area (Å²) in [5, 5.41) is 13.4. The van der Waals surface area contributed by atoms with Crippen molar-refractivity contribution < 1.29 is 9.90 Å². The van der Waals surface area contributed by atoms with Crippen molar-refractivity contribution in [1.29, 1.82) is 0 Å². The minimum Gasteiger partial charge on any atom is -0.477 e. The third-order valence-corrected chi connectivity index (χ3v) is 2.55. The molecule has 0 amide bonds. The van der Waals surface area contributed by atoms with Crippen molar-refractivity contribution in [1.82, 2.24) is 14.8 Å². The monoisotopic (exact) mass is 246 g/mol. The molecule has 0 aromatic carbocycles. The van der Waals surface area contributed by atoms with Crippen molar-refractivity contribution >= 4 is 5.97 Å². The molecule has 94 valence electrons. The average Bonchev–Trinajstić information content (AvgIpc) is 2.81. The topological polar surface area (TPSA) is 94.0 Å². The van der Waals surface area contributed by atoms with Crippen molar-refractivity contribution in [3.63, 3.8) is 0 Å². The number of hydrogen-bond acceptors (Lipinski definition) is 4. The van der Waals surface area contributed by atoms with Crippen LogP contribution in [0.15, 0.2) is 30.6 Å². The lowest BCUT2D eigenvalue weighted by Gasteiger charge is -2.02. The first-order chi connectivity index (χ1) is 8.72. The fourth-order valence-electron chi connectivity index (χ4n) is 1.66. The summed E-state index contributed by atoms with van der Waals surface area (Å²) in [6, 6.07) is 5.15. The number of aromatic carboxylic acids is 1. The number of carbonyl (C=O) groups is 1. The fourth-order valence-corrected chi connectivity index (χ4v) is 1.66. The van der Waals surface area contributed by atoms with Crippen LogP contribution in [-0.2, 0) is 6.54 Å². The summed E-state index contributed by atoms with van der Waals surface area (Å²) >= 11 is 0. The Bertz CT molecular complexity index is 536. The Labute approximate surface area is 104 Å². The zero-order chi connectivity index (χ0) is 13.0. The molecule has 0 aliphatic heterocycles. The molecule has 0 bridgehead atoms. The van der Waals surface area contributed by atoms with E-state index < -0.39 is 5.97 Å². The molecule has 0 aliphatic carbocycles. The normalized spacial score (nSPS) is 10.5. The molecule has 2 aromatic heterocycles. The van der Waals surface area contributed by atoms with Crippen molar-refractivity contribution in [3.05, 3.63) is 36.3 Å². The smallest absolute Gasteiger partial charge is 0.354 e. The molecular formula is C12H14N4O2. The van der Waals surface area contributed by atoms with E-state index in [1.54, 1.807) is 30.6 Å². The van der Waals surface area contributed by atoms with Crippen LogP contribution in [0.4, 0.5) is 0 Å². The van der Waals surface area contributed by atoms with E-state index in [0.717, 1.165) is 5.56 Å². The van der Waals surface area contributed by atoms with Gasteiger partial charge in [-0.1, -0.05) is 0 Å². The van der Waals surface area contributed by atoms with Gasteiger partial charge in [-0.15, -0.1) is 0 Å². The zero-order valence-corrected chi connectivity index (χ0v) is 9.78. The quantitative estimate of drug-likeness (QED) is 0.820. The molecular weight excluding hydrogens is 232 g/mol. The number of carboxylic acids is 1. The van der Waals surface area contributed by atoms with Gasteiger partial charge in [0.25, 0.3) is 0 Å². The second-order valence-electron chi connectivity index (χ2n) is 3.82. The van der Waals surface area contributed by atoms with E-state index in [-0.39, 0.29) is 5.69 Å². The molecule has 0 unspecified atom stereocenters. The number of carboxylic acid groups (broad SMARTS) is 1. The average molecular weight is 246 g/mol. The molecule has 3 N–H and O–H groups in total. The maximum absolute atomic E-state index is 11.1. The lowest BCUT2D eigenvalue weighted by atomic mass is 10.2. The molecule has 2 rings (SSSR count). The second kappa shape index (κ2) is 5.42.